The zero-order valence-electron chi connectivity index (χ0n) is 9.47. The van der Waals surface area contributed by atoms with E-state index in [1.165, 1.54) is 16.4 Å². The van der Waals surface area contributed by atoms with Crippen LogP contribution in [0.4, 0.5) is 0 Å². The van der Waals surface area contributed by atoms with Gasteiger partial charge in [0.1, 0.15) is 0 Å². The van der Waals surface area contributed by atoms with Crippen LogP contribution in [-0.4, -0.2) is 15.0 Å². The number of rotatable bonds is 4. The summed E-state index contributed by atoms with van der Waals surface area (Å²) in [6.07, 6.45) is 0. The van der Waals surface area contributed by atoms with Gasteiger partial charge in [-0.3, -0.25) is 0 Å². The van der Waals surface area contributed by atoms with Crippen LogP contribution in [0.25, 0.3) is 0 Å². The average Bonchev–Trinajstić information content (AvgIpc) is 2.38. The van der Waals surface area contributed by atoms with Gasteiger partial charge in [-0.2, -0.15) is 0 Å². The van der Waals surface area contributed by atoms with Gasteiger partial charge in [0.05, 0.1) is 0 Å². The fourth-order valence-electron chi connectivity index (χ4n) is 1.81. The molecule has 0 amide bonds. The fraction of sp³-hybridized carbons (Fsp3) is 0.200. The quantitative estimate of drug-likeness (QED) is 0.742. The topological polar surface area (TPSA) is 0 Å². The minimum absolute atomic E-state index is 0.611. The van der Waals surface area contributed by atoms with Gasteiger partial charge in [0, 0.05) is 0 Å². The van der Waals surface area contributed by atoms with Crippen LogP contribution in [0.15, 0.2) is 60.7 Å². The molecular formula is C15H16Se. The Bertz CT molecular complexity index is 368. The standard InChI is InChI=1S/C15H16Se/c1-2-16-15(13-9-5-3-6-10-13)14-11-7-4-8-12-14/h3-12,15H,2H2,1H3. The summed E-state index contributed by atoms with van der Waals surface area (Å²) in [7, 11) is 0. The molecule has 2 aromatic carbocycles. The first-order valence-electron chi connectivity index (χ1n) is 5.63. The van der Waals surface area contributed by atoms with Crippen molar-refractivity contribution in [3.05, 3.63) is 71.8 Å². The van der Waals surface area contributed by atoms with E-state index in [2.05, 4.69) is 67.6 Å². The molecule has 0 fully saturated rings. The van der Waals surface area contributed by atoms with Crippen molar-refractivity contribution in [3.63, 3.8) is 0 Å². The molecule has 2 aromatic rings. The van der Waals surface area contributed by atoms with Crippen molar-refractivity contribution < 1.29 is 0 Å². The third kappa shape index (κ3) is 2.75. The molecule has 0 saturated heterocycles. The van der Waals surface area contributed by atoms with Crippen LogP contribution in [0, 0.1) is 0 Å². The van der Waals surface area contributed by atoms with Gasteiger partial charge in [-0.15, -0.1) is 0 Å². The van der Waals surface area contributed by atoms with E-state index in [9.17, 15) is 0 Å². The van der Waals surface area contributed by atoms with Crippen LogP contribution >= 0.6 is 0 Å². The van der Waals surface area contributed by atoms with Crippen LogP contribution < -0.4 is 0 Å². The molecular weight excluding hydrogens is 259 g/mol. The molecule has 0 aliphatic heterocycles. The maximum atomic E-state index is 2.28. The molecule has 0 atom stereocenters. The summed E-state index contributed by atoms with van der Waals surface area (Å²) in [4.78, 5) is 0.611. The molecule has 0 aliphatic carbocycles. The summed E-state index contributed by atoms with van der Waals surface area (Å²) >= 11 is 0.642. The summed E-state index contributed by atoms with van der Waals surface area (Å²) < 4.78 is 0. The van der Waals surface area contributed by atoms with Gasteiger partial charge < -0.3 is 0 Å². The van der Waals surface area contributed by atoms with Crippen molar-refractivity contribution in [1.82, 2.24) is 0 Å². The normalized spacial score (nSPS) is 10.6. The van der Waals surface area contributed by atoms with Gasteiger partial charge in [0.15, 0.2) is 0 Å². The summed E-state index contributed by atoms with van der Waals surface area (Å²) in [6.45, 7) is 2.28. The first-order valence-corrected chi connectivity index (χ1v) is 7.83. The summed E-state index contributed by atoms with van der Waals surface area (Å²) in [6, 6.07) is 21.7. The van der Waals surface area contributed by atoms with Crippen LogP contribution in [-0.2, 0) is 0 Å². The molecule has 0 radical (unpaired) electrons. The van der Waals surface area contributed by atoms with Crippen molar-refractivity contribution in [1.29, 1.82) is 0 Å². The summed E-state index contributed by atoms with van der Waals surface area (Å²) in [5, 5.41) is 1.28. The van der Waals surface area contributed by atoms with Gasteiger partial charge in [0.2, 0.25) is 0 Å². The summed E-state index contributed by atoms with van der Waals surface area (Å²) in [5.41, 5.74) is 2.91. The third-order valence-corrected chi connectivity index (χ3v) is 5.08. The fourth-order valence-corrected chi connectivity index (χ4v) is 3.97. The van der Waals surface area contributed by atoms with Crippen molar-refractivity contribution in [2.24, 2.45) is 0 Å². The molecule has 0 nitrogen and oxygen atoms in total. The van der Waals surface area contributed by atoms with E-state index < -0.39 is 0 Å². The molecule has 2 rings (SSSR count). The Kier molecular flexibility index (Phi) is 4.21. The van der Waals surface area contributed by atoms with E-state index in [0.29, 0.717) is 19.8 Å². The van der Waals surface area contributed by atoms with E-state index in [1.54, 1.807) is 0 Å². The molecule has 0 saturated carbocycles. The average molecular weight is 275 g/mol. The minimum atomic E-state index is 0.611. The van der Waals surface area contributed by atoms with Gasteiger partial charge >= 0.3 is 104 Å². The first-order chi connectivity index (χ1) is 7.92. The Balaban J connectivity index is 2.31. The molecule has 0 N–H and O–H groups in total. The van der Waals surface area contributed by atoms with Crippen molar-refractivity contribution in [2.75, 3.05) is 0 Å². The SMILES string of the molecule is CC[Se]C(c1ccccc1)c1ccccc1. The Hall–Kier alpha value is -1.04. The zero-order valence-corrected chi connectivity index (χ0v) is 11.2. The van der Waals surface area contributed by atoms with E-state index in [1.807, 2.05) is 0 Å². The van der Waals surface area contributed by atoms with Gasteiger partial charge in [0.25, 0.3) is 0 Å². The van der Waals surface area contributed by atoms with Crippen LogP contribution in [0.1, 0.15) is 22.9 Å². The molecule has 82 valence electrons. The van der Waals surface area contributed by atoms with E-state index in [-0.39, 0.29) is 0 Å². The monoisotopic (exact) mass is 276 g/mol. The molecule has 0 unspecified atom stereocenters. The van der Waals surface area contributed by atoms with Gasteiger partial charge in [-0.1, -0.05) is 0 Å². The molecule has 0 bridgehead atoms. The first kappa shape index (κ1) is 11.4. The Morgan fingerprint density at radius 2 is 1.25 bits per heavy atom. The number of hydrogen-bond donors (Lipinski definition) is 0. The Labute approximate surface area is 104 Å². The summed E-state index contributed by atoms with van der Waals surface area (Å²) in [5.74, 6) is 0. The molecule has 0 spiro atoms. The molecule has 1 heteroatoms. The molecule has 0 aliphatic rings. The molecule has 0 heterocycles. The molecule has 0 aromatic heterocycles. The predicted molar refractivity (Wildman–Crippen MR) is 71.0 cm³/mol. The predicted octanol–water partition coefficient (Wildman–Crippen LogP) is 3.92. The maximum absolute atomic E-state index is 2.28. The second-order valence-electron chi connectivity index (χ2n) is 3.66. The van der Waals surface area contributed by atoms with Crippen molar-refractivity contribution in [3.8, 4) is 0 Å². The Morgan fingerprint density at radius 1 is 0.812 bits per heavy atom. The number of hydrogen-bond acceptors (Lipinski definition) is 0. The van der Waals surface area contributed by atoms with Gasteiger partial charge in [-0.05, 0) is 0 Å². The van der Waals surface area contributed by atoms with E-state index in [4.69, 9.17) is 0 Å². The van der Waals surface area contributed by atoms with Crippen LogP contribution in [0.3, 0.4) is 0 Å². The zero-order chi connectivity index (χ0) is 11.2. The molecule has 16 heavy (non-hydrogen) atoms. The number of benzene rings is 2. The van der Waals surface area contributed by atoms with E-state index in [0.717, 1.165) is 0 Å². The second-order valence-corrected chi connectivity index (χ2v) is 6.56. The van der Waals surface area contributed by atoms with Crippen molar-refractivity contribution in [2.45, 2.75) is 17.1 Å². The van der Waals surface area contributed by atoms with Crippen molar-refractivity contribution >= 4 is 15.0 Å². The van der Waals surface area contributed by atoms with Crippen LogP contribution in [0.5, 0.6) is 0 Å². The van der Waals surface area contributed by atoms with Gasteiger partial charge in [-0.25, -0.2) is 0 Å². The van der Waals surface area contributed by atoms with Crippen LogP contribution in [0.2, 0.25) is 5.32 Å². The van der Waals surface area contributed by atoms with E-state index >= 15 is 0 Å². The third-order valence-electron chi connectivity index (χ3n) is 2.54. The second kappa shape index (κ2) is 5.88. The Morgan fingerprint density at radius 3 is 1.62 bits per heavy atom.